The molecule has 0 spiro atoms. The molecule has 1 aliphatic heterocycles. The fourth-order valence-corrected chi connectivity index (χ4v) is 2.81. The molecule has 0 saturated heterocycles. The SMILES string of the molecule is Clc1ccc([C@H]2Cc3ccccc3N2)c(Cl)c1. The van der Waals surface area contributed by atoms with Gasteiger partial charge in [0.25, 0.3) is 0 Å². The number of hydrogen-bond donors (Lipinski definition) is 1. The van der Waals surface area contributed by atoms with Gasteiger partial charge in [0.05, 0.1) is 6.04 Å². The minimum absolute atomic E-state index is 0.247. The van der Waals surface area contributed by atoms with Crippen molar-refractivity contribution >= 4 is 28.9 Å². The summed E-state index contributed by atoms with van der Waals surface area (Å²) in [6.07, 6.45) is 0.970. The molecule has 1 nitrogen and oxygen atoms in total. The van der Waals surface area contributed by atoms with Gasteiger partial charge in [-0.05, 0) is 35.7 Å². The first kappa shape index (κ1) is 10.9. The van der Waals surface area contributed by atoms with Crippen LogP contribution in [0.25, 0.3) is 0 Å². The zero-order valence-corrected chi connectivity index (χ0v) is 10.6. The number of halogens is 2. The van der Waals surface area contributed by atoms with Crippen LogP contribution in [-0.2, 0) is 6.42 Å². The number of fused-ring (bicyclic) bond motifs is 1. The molecule has 0 unspecified atom stereocenters. The Kier molecular flexibility index (Phi) is 2.73. The first-order chi connectivity index (χ1) is 8.24. The van der Waals surface area contributed by atoms with Crippen LogP contribution >= 0.6 is 23.2 Å². The highest BCUT2D eigenvalue weighted by atomic mass is 35.5. The molecule has 0 aromatic heterocycles. The summed E-state index contributed by atoms with van der Waals surface area (Å²) < 4.78 is 0. The molecule has 0 saturated carbocycles. The molecule has 3 heteroatoms. The number of benzene rings is 2. The lowest BCUT2D eigenvalue weighted by Gasteiger charge is -2.13. The topological polar surface area (TPSA) is 12.0 Å². The van der Waals surface area contributed by atoms with Crippen LogP contribution in [0.2, 0.25) is 10.0 Å². The fraction of sp³-hybridized carbons (Fsp3) is 0.143. The van der Waals surface area contributed by atoms with Gasteiger partial charge in [-0.25, -0.2) is 0 Å². The summed E-state index contributed by atoms with van der Waals surface area (Å²) in [4.78, 5) is 0. The van der Waals surface area contributed by atoms with E-state index >= 15 is 0 Å². The van der Waals surface area contributed by atoms with Crippen LogP contribution in [0.5, 0.6) is 0 Å². The van der Waals surface area contributed by atoms with Crippen molar-refractivity contribution in [3.63, 3.8) is 0 Å². The third kappa shape index (κ3) is 2.01. The van der Waals surface area contributed by atoms with E-state index in [1.807, 2.05) is 18.2 Å². The Morgan fingerprint density at radius 3 is 2.65 bits per heavy atom. The molecule has 1 N–H and O–H groups in total. The third-order valence-electron chi connectivity index (χ3n) is 3.11. The molecule has 0 aliphatic carbocycles. The molecular weight excluding hydrogens is 253 g/mol. The lowest BCUT2D eigenvalue weighted by Crippen LogP contribution is -2.06. The van der Waals surface area contributed by atoms with Crippen LogP contribution in [-0.4, -0.2) is 0 Å². The Hall–Kier alpha value is -1.18. The maximum absolute atomic E-state index is 6.23. The standard InChI is InChI=1S/C14H11Cl2N/c15-10-5-6-11(12(16)8-10)14-7-9-3-1-2-4-13(9)17-14/h1-6,8,14,17H,7H2/t14-/m1/s1. The molecule has 1 aliphatic rings. The largest absolute Gasteiger partial charge is 0.378 e. The van der Waals surface area contributed by atoms with Gasteiger partial charge in [0.2, 0.25) is 0 Å². The van der Waals surface area contributed by atoms with Crippen molar-refractivity contribution in [3.8, 4) is 0 Å². The van der Waals surface area contributed by atoms with Crippen molar-refractivity contribution in [2.24, 2.45) is 0 Å². The molecule has 0 fully saturated rings. The van der Waals surface area contributed by atoms with Gasteiger partial charge in [0.1, 0.15) is 0 Å². The lowest BCUT2D eigenvalue weighted by atomic mass is 10.0. The van der Waals surface area contributed by atoms with Crippen LogP contribution in [0.4, 0.5) is 5.69 Å². The van der Waals surface area contributed by atoms with Gasteiger partial charge in [0, 0.05) is 15.7 Å². The zero-order valence-electron chi connectivity index (χ0n) is 9.08. The van der Waals surface area contributed by atoms with Gasteiger partial charge in [-0.2, -0.15) is 0 Å². The van der Waals surface area contributed by atoms with E-state index in [-0.39, 0.29) is 6.04 Å². The van der Waals surface area contributed by atoms with E-state index in [4.69, 9.17) is 23.2 Å². The highest BCUT2D eigenvalue weighted by Crippen LogP contribution is 2.37. The Bertz CT molecular complexity index is 541. The Morgan fingerprint density at radius 2 is 1.88 bits per heavy atom. The number of para-hydroxylation sites is 1. The van der Waals surface area contributed by atoms with E-state index in [2.05, 4.69) is 23.5 Å². The predicted octanol–water partition coefficient (Wildman–Crippen LogP) is 4.70. The maximum atomic E-state index is 6.23. The first-order valence-electron chi connectivity index (χ1n) is 5.53. The summed E-state index contributed by atoms with van der Waals surface area (Å²) in [6, 6.07) is 14.3. The second kappa shape index (κ2) is 4.25. The normalized spacial score (nSPS) is 17.6. The number of nitrogens with one attached hydrogen (secondary N) is 1. The summed E-state index contributed by atoms with van der Waals surface area (Å²) in [6.45, 7) is 0. The van der Waals surface area contributed by atoms with Crippen LogP contribution < -0.4 is 5.32 Å². The van der Waals surface area contributed by atoms with Gasteiger partial charge in [-0.3, -0.25) is 0 Å². The smallest absolute Gasteiger partial charge is 0.0569 e. The minimum atomic E-state index is 0.247. The van der Waals surface area contributed by atoms with Gasteiger partial charge in [-0.15, -0.1) is 0 Å². The maximum Gasteiger partial charge on any atom is 0.0569 e. The molecule has 0 radical (unpaired) electrons. The summed E-state index contributed by atoms with van der Waals surface area (Å²) in [5.41, 5.74) is 3.64. The van der Waals surface area contributed by atoms with E-state index in [1.165, 1.54) is 11.3 Å². The van der Waals surface area contributed by atoms with Gasteiger partial charge in [-0.1, -0.05) is 47.5 Å². The minimum Gasteiger partial charge on any atom is -0.378 e. The van der Waals surface area contributed by atoms with E-state index < -0.39 is 0 Å². The summed E-state index contributed by atoms with van der Waals surface area (Å²) in [5, 5.41) is 4.88. The third-order valence-corrected chi connectivity index (χ3v) is 3.67. The first-order valence-corrected chi connectivity index (χ1v) is 6.29. The van der Waals surface area contributed by atoms with Crippen molar-refractivity contribution in [1.29, 1.82) is 0 Å². The zero-order chi connectivity index (χ0) is 11.8. The second-order valence-electron chi connectivity index (χ2n) is 4.22. The summed E-state index contributed by atoms with van der Waals surface area (Å²) in [7, 11) is 0. The van der Waals surface area contributed by atoms with Gasteiger partial charge < -0.3 is 5.32 Å². The molecule has 0 amide bonds. The summed E-state index contributed by atoms with van der Waals surface area (Å²) in [5.74, 6) is 0. The number of anilines is 1. The molecule has 2 aromatic rings. The van der Waals surface area contributed by atoms with E-state index in [9.17, 15) is 0 Å². The van der Waals surface area contributed by atoms with E-state index in [0.717, 1.165) is 17.0 Å². The second-order valence-corrected chi connectivity index (χ2v) is 5.07. The molecule has 2 aromatic carbocycles. The van der Waals surface area contributed by atoms with Gasteiger partial charge >= 0.3 is 0 Å². The molecule has 86 valence electrons. The van der Waals surface area contributed by atoms with Crippen molar-refractivity contribution in [1.82, 2.24) is 0 Å². The fourth-order valence-electron chi connectivity index (χ4n) is 2.27. The molecule has 3 rings (SSSR count). The molecule has 1 heterocycles. The summed E-state index contributed by atoms with van der Waals surface area (Å²) >= 11 is 12.1. The molecular formula is C14H11Cl2N. The monoisotopic (exact) mass is 263 g/mol. The Labute approximate surface area is 110 Å². The van der Waals surface area contributed by atoms with E-state index in [1.54, 1.807) is 6.07 Å². The van der Waals surface area contributed by atoms with Crippen molar-refractivity contribution in [2.45, 2.75) is 12.5 Å². The van der Waals surface area contributed by atoms with Crippen LogP contribution in [0.3, 0.4) is 0 Å². The predicted molar refractivity (Wildman–Crippen MR) is 73.0 cm³/mol. The number of hydrogen-bond acceptors (Lipinski definition) is 1. The lowest BCUT2D eigenvalue weighted by molar-refractivity contribution is 0.824. The van der Waals surface area contributed by atoms with Crippen LogP contribution in [0.15, 0.2) is 42.5 Å². The molecule has 1 atom stereocenters. The number of rotatable bonds is 1. The highest BCUT2D eigenvalue weighted by Gasteiger charge is 2.23. The Balaban J connectivity index is 1.94. The average Bonchev–Trinajstić information content (AvgIpc) is 2.72. The average molecular weight is 264 g/mol. The van der Waals surface area contributed by atoms with Crippen LogP contribution in [0, 0.1) is 0 Å². The molecule has 17 heavy (non-hydrogen) atoms. The van der Waals surface area contributed by atoms with Gasteiger partial charge in [0.15, 0.2) is 0 Å². The highest BCUT2D eigenvalue weighted by molar-refractivity contribution is 6.35. The molecule has 0 bridgehead atoms. The van der Waals surface area contributed by atoms with Crippen LogP contribution in [0.1, 0.15) is 17.2 Å². The van der Waals surface area contributed by atoms with E-state index in [0.29, 0.717) is 5.02 Å². The van der Waals surface area contributed by atoms with Crippen molar-refractivity contribution < 1.29 is 0 Å². The Morgan fingerprint density at radius 1 is 1.06 bits per heavy atom. The quantitative estimate of drug-likeness (QED) is 0.787. The van der Waals surface area contributed by atoms with Crippen molar-refractivity contribution in [3.05, 3.63) is 63.6 Å². The van der Waals surface area contributed by atoms with Crippen molar-refractivity contribution in [2.75, 3.05) is 5.32 Å².